The molecule has 7 rings (SSSR count). The second-order valence-electron chi connectivity index (χ2n) is 15.2. The first-order valence-electron chi connectivity index (χ1n) is 18.4. The fourth-order valence-corrected chi connectivity index (χ4v) is 7.36. The number of fused-ring (bicyclic) bond motifs is 3. The summed E-state index contributed by atoms with van der Waals surface area (Å²) in [6, 6.07) is 39.0. The molecular weight excluding hydrogens is 820 g/mol. The summed E-state index contributed by atoms with van der Waals surface area (Å²) in [6.07, 6.45) is 7.85. The predicted molar refractivity (Wildman–Crippen MR) is 211 cm³/mol. The SMILES string of the molecule is CCCCCC(C)c1ccc2c(c1)c1ccc(Oc3[c-]c(-n4nc(C)c(-c5ccccc5)c4C)ccc3)[c-]c1n2-c1cc(CC(C)(C)C)ccn1.[Pt+2]. The van der Waals surface area contributed by atoms with Crippen LogP contribution in [0.2, 0.25) is 0 Å². The van der Waals surface area contributed by atoms with Gasteiger partial charge in [0.05, 0.1) is 5.69 Å². The molecule has 3 heterocycles. The van der Waals surface area contributed by atoms with E-state index in [9.17, 15) is 0 Å². The molecule has 0 spiro atoms. The number of unbranched alkanes of at least 4 members (excludes halogenated alkanes) is 2. The number of nitrogens with zero attached hydrogens (tertiary/aromatic N) is 4. The van der Waals surface area contributed by atoms with Gasteiger partial charge in [-0.15, -0.1) is 35.7 Å². The zero-order valence-corrected chi connectivity index (χ0v) is 33.6. The zero-order valence-electron chi connectivity index (χ0n) is 31.4. The third-order valence-electron chi connectivity index (χ3n) is 9.81. The molecule has 0 N–H and O–H groups in total. The maximum absolute atomic E-state index is 6.52. The first-order chi connectivity index (χ1) is 24.6. The largest absolute Gasteiger partial charge is 2.00 e. The molecule has 5 nitrogen and oxygen atoms in total. The summed E-state index contributed by atoms with van der Waals surface area (Å²) in [5, 5.41) is 7.24. The van der Waals surface area contributed by atoms with Crippen molar-refractivity contribution in [1.82, 2.24) is 19.3 Å². The molecule has 268 valence electrons. The minimum Gasteiger partial charge on any atom is -0.509 e. The van der Waals surface area contributed by atoms with Crippen LogP contribution in [0.5, 0.6) is 11.5 Å². The number of benzene rings is 4. The molecule has 0 radical (unpaired) electrons. The zero-order chi connectivity index (χ0) is 35.7. The van der Waals surface area contributed by atoms with Crippen LogP contribution in [0.15, 0.2) is 97.2 Å². The molecule has 52 heavy (non-hydrogen) atoms. The van der Waals surface area contributed by atoms with Crippen LogP contribution in [0.25, 0.3) is 44.4 Å². The van der Waals surface area contributed by atoms with Crippen molar-refractivity contribution in [2.45, 2.75) is 86.5 Å². The smallest absolute Gasteiger partial charge is 0.509 e. The molecular formula is C46H48N4OPt. The Kier molecular flexibility index (Phi) is 11.2. The van der Waals surface area contributed by atoms with Gasteiger partial charge in [-0.1, -0.05) is 102 Å². The van der Waals surface area contributed by atoms with E-state index in [1.165, 1.54) is 42.2 Å². The van der Waals surface area contributed by atoms with Crippen molar-refractivity contribution in [1.29, 1.82) is 0 Å². The van der Waals surface area contributed by atoms with Crippen molar-refractivity contribution < 1.29 is 25.8 Å². The fourth-order valence-electron chi connectivity index (χ4n) is 7.36. The summed E-state index contributed by atoms with van der Waals surface area (Å²) in [7, 11) is 0. The number of hydrogen-bond donors (Lipinski definition) is 0. The molecule has 4 aromatic carbocycles. The average Bonchev–Trinajstić information content (AvgIpc) is 3.60. The molecule has 0 bridgehead atoms. The van der Waals surface area contributed by atoms with Gasteiger partial charge in [0.2, 0.25) is 0 Å². The molecule has 1 unspecified atom stereocenters. The van der Waals surface area contributed by atoms with Crippen molar-refractivity contribution >= 4 is 21.8 Å². The number of ether oxygens (including phenoxy) is 1. The number of hydrogen-bond acceptors (Lipinski definition) is 3. The minimum absolute atomic E-state index is 0. The first-order valence-corrected chi connectivity index (χ1v) is 18.4. The van der Waals surface area contributed by atoms with Crippen molar-refractivity contribution in [2.24, 2.45) is 5.41 Å². The van der Waals surface area contributed by atoms with E-state index in [0.29, 0.717) is 17.4 Å². The topological polar surface area (TPSA) is 44.9 Å². The van der Waals surface area contributed by atoms with Crippen LogP contribution in [0, 0.1) is 31.4 Å². The molecule has 0 aliphatic heterocycles. The summed E-state index contributed by atoms with van der Waals surface area (Å²) < 4.78 is 10.7. The monoisotopic (exact) mass is 867 g/mol. The average molecular weight is 868 g/mol. The van der Waals surface area contributed by atoms with Gasteiger partial charge in [-0.05, 0) is 84.0 Å². The number of rotatable bonds is 11. The van der Waals surface area contributed by atoms with Gasteiger partial charge < -0.3 is 9.30 Å². The van der Waals surface area contributed by atoms with Gasteiger partial charge in [0.25, 0.3) is 0 Å². The Hall–Kier alpha value is -4.47. The van der Waals surface area contributed by atoms with Crippen LogP contribution in [0.4, 0.5) is 0 Å². The summed E-state index contributed by atoms with van der Waals surface area (Å²) in [5.74, 6) is 2.61. The molecule has 0 fully saturated rings. The third kappa shape index (κ3) is 7.81. The summed E-state index contributed by atoms with van der Waals surface area (Å²) in [5.41, 5.74) is 10.0. The minimum atomic E-state index is 0. The van der Waals surface area contributed by atoms with E-state index in [4.69, 9.17) is 14.8 Å². The maximum Gasteiger partial charge on any atom is 2.00 e. The predicted octanol–water partition coefficient (Wildman–Crippen LogP) is 12.3. The van der Waals surface area contributed by atoms with Crippen LogP contribution in [-0.4, -0.2) is 19.3 Å². The van der Waals surface area contributed by atoms with Crippen molar-refractivity contribution in [2.75, 3.05) is 0 Å². The Labute approximate surface area is 323 Å². The van der Waals surface area contributed by atoms with E-state index in [0.717, 1.165) is 56.9 Å². The van der Waals surface area contributed by atoms with Gasteiger partial charge in [0, 0.05) is 34.5 Å². The van der Waals surface area contributed by atoms with Crippen molar-refractivity contribution in [3.8, 4) is 34.1 Å². The molecule has 1 atom stereocenters. The Morgan fingerprint density at radius 3 is 2.38 bits per heavy atom. The molecule has 0 aliphatic carbocycles. The second-order valence-corrected chi connectivity index (χ2v) is 15.2. The quantitative estimate of drug-likeness (QED) is 0.0961. The van der Waals surface area contributed by atoms with E-state index in [1.807, 2.05) is 41.2 Å². The van der Waals surface area contributed by atoms with E-state index >= 15 is 0 Å². The van der Waals surface area contributed by atoms with Crippen LogP contribution in [-0.2, 0) is 27.5 Å². The summed E-state index contributed by atoms with van der Waals surface area (Å²) >= 11 is 0. The summed E-state index contributed by atoms with van der Waals surface area (Å²) in [4.78, 5) is 4.90. The molecule has 0 amide bonds. The number of pyridine rings is 1. The molecule has 0 aliphatic rings. The van der Waals surface area contributed by atoms with Crippen molar-refractivity contribution in [3.05, 3.63) is 132 Å². The molecule has 7 aromatic rings. The number of aromatic nitrogens is 4. The molecule has 0 saturated heterocycles. The van der Waals surface area contributed by atoms with Crippen LogP contribution in [0.3, 0.4) is 0 Å². The van der Waals surface area contributed by atoms with Gasteiger partial charge in [-0.3, -0.25) is 4.68 Å². The molecule has 0 saturated carbocycles. The van der Waals surface area contributed by atoms with E-state index in [-0.39, 0.29) is 26.5 Å². The third-order valence-corrected chi connectivity index (χ3v) is 9.81. The number of aryl methyl sites for hydroxylation is 1. The van der Waals surface area contributed by atoms with Crippen molar-refractivity contribution in [3.63, 3.8) is 0 Å². The van der Waals surface area contributed by atoms with E-state index in [2.05, 4.69) is 126 Å². The Balaban J connectivity index is 0.00000464. The van der Waals surface area contributed by atoms with E-state index in [1.54, 1.807) is 0 Å². The van der Waals surface area contributed by atoms with E-state index < -0.39 is 0 Å². The Morgan fingerprint density at radius 2 is 1.62 bits per heavy atom. The normalized spacial score (nSPS) is 12.3. The summed E-state index contributed by atoms with van der Waals surface area (Å²) in [6.45, 7) is 15.6. The van der Waals surface area contributed by atoms with Gasteiger partial charge in [-0.25, -0.2) is 4.98 Å². The Bertz CT molecular complexity index is 2310. The molecule has 3 aromatic heterocycles. The first kappa shape index (κ1) is 37.3. The second kappa shape index (κ2) is 15.6. The van der Waals surface area contributed by atoms with Gasteiger partial charge in [0.15, 0.2) is 0 Å². The Morgan fingerprint density at radius 1 is 0.827 bits per heavy atom. The fraction of sp³-hybridized carbons (Fsp3) is 0.304. The van der Waals surface area contributed by atoms with Gasteiger partial charge >= 0.3 is 21.1 Å². The van der Waals surface area contributed by atoms with Crippen LogP contribution >= 0.6 is 0 Å². The van der Waals surface area contributed by atoms with Crippen LogP contribution < -0.4 is 4.74 Å². The standard InChI is InChI=1S/C46H48N4O.Pt/c1-8-9-11-15-31(2)36-20-23-42-41(27-36)40-22-21-39(29-43(40)49(42)44-26-34(24-25-47-44)30-46(5,6)7)51-38-19-14-18-37(28-38)50-33(4)45(32(3)48-50)35-16-12-10-13-17-35;/h10,12-14,16-27,31H,8-9,11,15,30H2,1-7H3;/q-2;+2. The van der Waals surface area contributed by atoms with Gasteiger partial charge in [-0.2, -0.15) is 17.2 Å². The molecule has 6 heteroatoms. The van der Waals surface area contributed by atoms with Crippen LogP contribution in [0.1, 0.15) is 88.7 Å². The van der Waals surface area contributed by atoms with Gasteiger partial charge in [0.1, 0.15) is 5.82 Å². The maximum atomic E-state index is 6.52.